The van der Waals surface area contributed by atoms with Crippen LogP contribution in [0.15, 0.2) is 54.7 Å². The zero-order valence-electron chi connectivity index (χ0n) is 17.8. The van der Waals surface area contributed by atoms with Crippen molar-refractivity contribution in [3.05, 3.63) is 60.3 Å². The number of hydrogen-bond donors (Lipinski definition) is 0. The minimum atomic E-state index is 0.263. The van der Waals surface area contributed by atoms with Crippen LogP contribution in [-0.4, -0.2) is 53.6 Å². The van der Waals surface area contributed by atoms with Gasteiger partial charge in [-0.2, -0.15) is 5.10 Å². The SMILES string of the molecule is CN(CC1CCN(Cc2ccccc2)CC1)c1nncc(-c2ccc3c(c2)OCO3)n1. The number of nitrogens with zero attached hydrogens (tertiary/aromatic N) is 5. The van der Waals surface area contributed by atoms with Crippen molar-refractivity contribution in [2.75, 3.05) is 38.4 Å². The number of piperidine rings is 1. The predicted octanol–water partition coefficient (Wildman–Crippen LogP) is 3.62. The number of anilines is 1. The van der Waals surface area contributed by atoms with Gasteiger partial charge in [0.05, 0.1) is 11.9 Å². The summed E-state index contributed by atoms with van der Waals surface area (Å²) in [5, 5.41) is 8.47. The van der Waals surface area contributed by atoms with E-state index < -0.39 is 0 Å². The monoisotopic (exact) mass is 417 g/mol. The lowest BCUT2D eigenvalue weighted by Gasteiger charge is -2.33. The molecule has 0 aliphatic carbocycles. The van der Waals surface area contributed by atoms with Crippen LogP contribution in [0, 0.1) is 5.92 Å². The number of ether oxygens (including phenoxy) is 2. The van der Waals surface area contributed by atoms with E-state index in [9.17, 15) is 0 Å². The molecule has 31 heavy (non-hydrogen) atoms. The van der Waals surface area contributed by atoms with Gasteiger partial charge in [-0.25, -0.2) is 4.98 Å². The molecule has 0 bridgehead atoms. The molecule has 0 amide bonds. The summed E-state index contributed by atoms with van der Waals surface area (Å²) in [6.45, 7) is 4.49. The summed E-state index contributed by atoms with van der Waals surface area (Å²) in [7, 11) is 2.05. The highest BCUT2D eigenvalue weighted by Crippen LogP contribution is 2.35. The maximum Gasteiger partial charge on any atom is 0.245 e. The highest BCUT2D eigenvalue weighted by molar-refractivity contribution is 5.64. The van der Waals surface area contributed by atoms with Crippen molar-refractivity contribution in [3.63, 3.8) is 0 Å². The van der Waals surface area contributed by atoms with E-state index in [4.69, 9.17) is 14.5 Å². The largest absolute Gasteiger partial charge is 0.454 e. The first kappa shape index (κ1) is 19.8. The van der Waals surface area contributed by atoms with Crippen LogP contribution in [0.2, 0.25) is 0 Å². The van der Waals surface area contributed by atoms with Gasteiger partial charge in [0.1, 0.15) is 0 Å². The molecule has 7 nitrogen and oxygen atoms in total. The third kappa shape index (κ3) is 4.61. The lowest BCUT2D eigenvalue weighted by atomic mass is 9.96. The quantitative estimate of drug-likeness (QED) is 0.607. The number of rotatable bonds is 6. The molecule has 3 heterocycles. The lowest BCUT2D eigenvalue weighted by molar-refractivity contribution is 0.174. The van der Waals surface area contributed by atoms with Crippen LogP contribution in [-0.2, 0) is 6.54 Å². The van der Waals surface area contributed by atoms with E-state index in [2.05, 4.69) is 57.4 Å². The Bertz CT molecular complexity index is 1020. The third-order valence-electron chi connectivity index (χ3n) is 6.05. The molecule has 7 heteroatoms. The molecule has 1 aromatic heterocycles. The zero-order valence-corrected chi connectivity index (χ0v) is 17.8. The molecule has 3 aromatic rings. The fraction of sp³-hybridized carbons (Fsp3) is 0.375. The second kappa shape index (κ2) is 8.89. The van der Waals surface area contributed by atoms with E-state index in [1.807, 2.05) is 18.2 Å². The van der Waals surface area contributed by atoms with Crippen LogP contribution < -0.4 is 14.4 Å². The summed E-state index contributed by atoms with van der Waals surface area (Å²) < 4.78 is 10.9. The van der Waals surface area contributed by atoms with Gasteiger partial charge in [-0.15, -0.1) is 5.10 Å². The van der Waals surface area contributed by atoms with E-state index in [1.165, 1.54) is 18.4 Å². The maximum absolute atomic E-state index is 5.48. The summed E-state index contributed by atoms with van der Waals surface area (Å²) in [6, 6.07) is 16.5. The second-order valence-corrected chi connectivity index (χ2v) is 8.30. The zero-order chi connectivity index (χ0) is 21.0. The second-order valence-electron chi connectivity index (χ2n) is 8.30. The minimum absolute atomic E-state index is 0.263. The van der Waals surface area contributed by atoms with Crippen molar-refractivity contribution < 1.29 is 9.47 Å². The Morgan fingerprint density at radius 3 is 2.68 bits per heavy atom. The van der Waals surface area contributed by atoms with Crippen molar-refractivity contribution in [1.29, 1.82) is 0 Å². The Balaban J connectivity index is 1.19. The first-order valence-electron chi connectivity index (χ1n) is 10.8. The van der Waals surface area contributed by atoms with Gasteiger partial charge in [0, 0.05) is 25.7 Å². The van der Waals surface area contributed by atoms with Crippen molar-refractivity contribution >= 4 is 5.95 Å². The Hall–Kier alpha value is -3.19. The smallest absolute Gasteiger partial charge is 0.245 e. The Morgan fingerprint density at radius 2 is 1.84 bits per heavy atom. The van der Waals surface area contributed by atoms with Crippen LogP contribution in [0.5, 0.6) is 11.5 Å². The van der Waals surface area contributed by atoms with Crippen LogP contribution in [0.4, 0.5) is 5.95 Å². The van der Waals surface area contributed by atoms with Crippen LogP contribution in [0.3, 0.4) is 0 Å². The van der Waals surface area contributed by atoms with Gasteiger partial charge >= 0.3 is 0 Å². The fourth-order valence-electron chi connectivity index (χ4n) is 4.29. The van der Waals surface area contributed by atoms with E-state index >= 15 is 0 Å². The number of benzene rings is 2. The molecular weight excluding hydrogens is 390 g/mol. The molecular formula is C24H27N5O2. The molecule has 2 aliphatic rings. The van der Waals surface area contributed by atoms with Crippen LogP contribution >= 0.6 is 0 Å². The standard InChI is InChI=1S/C24H27N5O2/c1-28(15-19-9-11-29(12-10-19)16-18-5-3-2-4-6-18)24-26-21(14-25-27-24)20-7-8-22-23(13-20)31-17-30-22/h2-8,13-14,19H,9-12,15-17H2,1H3. The van der Waals surface area contributed by atoms with Crippen LogP contribution in [0.25, 0.3) is 11.3 Å². The number of hydrogen-bond acceptors (Lipinski definition) is 7. The summed E-state index contributed by atoms with van der Waals surface area (Å²) in [4.78, 5) is 9.42. The van der Waals surface area contributed by atoms with E-state index in [-0.39, 0.29) is 6.79 Å². The van der Waals surface area contributed by atoms with Gasteiger partial charge in [-0.05, 0) is 55.6 Å². The lowest BCUT2D eigenvalue weighted by Crippen LogP contribution is -2.37. The highest BCUT2D eigenvalue weighted by atomic mass is 16.7. The Morgan fingerprint density at radius 1 is 1.03 bits per heavy atom. The normalized spacial score (nSPS) is 16.4. The van der Waals surface area contributed by atoms with Crippen molar-refractivity contribution in [1.82, 2.24) is 20.1 Å². The average Bonchev–Trinajstić information content (AvgIpc) is 3.29. The van der Waals surface area contributed by atoms with Gasteiger partial charge in [-0.3, -0.25) is 4.90 Å². The Kier molecular flexibility index (Phi) is 5.67. The number of fused-ring (bicyclic) bond motifs is 1. The topological polar surface area (TPSA) is 63.6 Å². The molecule has 160 valence electrons. The fourth-order valence-corrected chi connectivity index (χ4v) is 4.29. The molecule has 0 spiro atoms. The number of aromatic nitrogens is 3. The molecule has 0 N–H and O–H groups in total. The van der Waals surface area contributed by atoms with Crippen molar-refractivity contribution in [2.24, 2.45) is 5.92 Å². The van der Waals surface area contributed by atoms with Gasteiger partial charge in [0.2, 0.25) is 12.7 Å². The van der Waals surface area contributed by atoms with E-state index in [0.717, 1.165) is 48.9 Å². The average molecular weight is 418 g/mol. The predicted molar refractivity (Wildman–Crippen MR) is 119 cm³/mol. The van der Waals surface area contributed by atoms with Crippen molar-refractivity contribution in [2.45, 2.75) is 19.4 Å². The highest BCUT2D eigenvalue weighted by Gasteiger charge is 2.22. The Labute approximate surface area is 182 Å². The summed E-state index contributed by atoms with van der Waals surface area (Å²) in [5.74, 6) is 2.80. The van der Waals surface area contributed by atoms with E-state index in [0.29, 0.717) is 11.9 Å². The first-order chi connectivity index (χ1) is 15.2. The molecule has 0 radical (unpaired) electrons. The molecule has 5 rings (SSSR count). The summed E-state index contributed by atoms with van der Waals surface area (Å²) in [5.41, 5.74) is 3.12. The van der Waals surface area contributed by atoms with Gasteiger partial charge < -0.3 is 14.4 Å². The molecule has 0 saturated carbocycles. The maximum atomic E-state index is 5.48. The van der Waals surface area contributed by atoms with Crippen LogP contribution in [0.1, 0.15) is 18.4 Å². The molecule has 1 saturated heterocycles. The third-order valence-corrected chi connectivity index (χ3v) is 6.05. The van der Waals surface area contributed by atoms with Gasteiger partial charge in [-0.1, -0.05) is 30.3 Å². The molecule has 0 atom stereocenters. The summed E-state index contributed by atoms with van der Waals surface area (Å²) in [6.07, 6.45) is 4.07. The first-order valence-corrected chi connectivity index (χ1v) is 10.8. The summed E-state index contributed by atoms with van der Waals surface area (Å²) >= 11 is 0. The van der Waals surface area contributed by atoms with Gasteiger partial charge in [0.15, 0.2) is 11.5 Å². The van der Waals surface area contributed by atoms with Gasteiger partial charge in [0.25, 0.3) is 0 Å². The minimum Gasteiger partial charge on any atom is -0.454 e. The van der Waals surface area contributed by atoms with E-state index in [1.54, 1.807) is 6.20 Å². The van der Waals surface area contributed by atoms with Crippen molar-refractivity contribution in [3.8, 4) is 22.8 Å². The molecule has 2 aromatic carbocycles. The molecule has 2 aliphatic heterocycles. The molecule has 0 unspecified atom stereocenters. The number of likely N-dealkylation sites (tertiary alicyclic amines) is 1. The molecule has 1 fully saturated rings.